The molecule has 0 N–H and O–H groups in total. The molecule has 1 aromatic carbocycles. The largest absolute Gasteiger partial charge is 0.492 e. The van der Waals surface area contributed by atoms with Crippen molar-refractivity contribution in [2.75, 3.05) is 20.2 Å². The van der Waals surface area contributed by atoms with Gasteiger partial charge in [0.05, 0.1) is 0 Å². The normalized spacial score (nSPS) is 10.7. The van der Waals surface area contributed by atoms with Gasteiger partial charge < -0.3 is 4.74 Å². The van der Waals surface area contributed by atoms with Gasteiger partial charge in [-0.15, -0.1) is 0 Å². The third-order valence-electron chi connectivity index (χ3n) is 2.74. The number of rotatable bonds is 6. The van der Waals surface area contributed by atoms with E-state index < -0.39 is 0 Å². The molecule has 0 fully saturated rings. The fourth-order valence-corrected chi connectivity index (χ4v) is 2.13. The van der Waals surface area contributed by atoms with Crippen LogP contribution < -0.4 is 4.74 Å². The quantitative estimate of drug-likeness (QED) is 0.816. The molecule has 2 rings (SSSR count). The second-order valence-corrected chi connectivity index (χ2v) is 5.31. The van der Waals surface area contributed by atoms with E-state index in [0.29, 0.717) is 6.61 Å². The van der Waals surface area contributed by atoms with E-state index in [1.54, 1.807) is 0 Å². The molecule has 0 amide bonds. The molecule has 1 heterocycles. The lowest BCUT2D eigenvalue weighted by Gasteiger charge is -2.17. The van der Waals surface area contributed by atoms with Gasteiger partial charge in [-0.1, -0.05) is 22.0 Å². The zero-order chi connectivity index (χ0) is 13.5. The van der Waals surface area contributed by atoms with Crippen molar-refractivity contribution in [2.24, 2.45) is 0 Å². The molecule has 0 aliphatic heterocycles. The first-order valence-electron chi connectivity index (χ1n) is 6.20. The number of halogens is 1. The summed E-state index contributed by atoms with van der Waals surface area (Å²) in [6.45, 7) is 2.47. The predicted octanol–water partition coefficient (Wildman–Crippen LogP) is 3.35. The summed E-state index contributed by atoms with van der Waals surface area (Å²) in [5.74, 6) is 0.895. The molecule has 0 spiro atoms. The minimum atomic E-state index is 0.679. The number of ether oxygens (including phenoxy) is 1. The van der Waals surface area contributed by atoms with Crippen LogP contribution in [-0.4, -0.2) is 30.1 Å². The lowest BCUT2D eigenvalue weighted by Crippen LogP contribution is -2.23. The number of likely N-dealkylation sites (N-methyl/N-ethyl adjacent to an activating group) is 1. The Morgan fingerprint density at radius 1 is 1.21 bits per heavy atom. The summed E-state index contributed by atoms with van der Waals surface area (Å²) >= 11 is 3.43. The van der Waals surface area contributed by atoms with E-state index in [2.05, 4.69) is 32.9 Å². The molecular weight excluding hydrogens is 304 g/mol. The second-order valence-electron chi connectivity index (χ2n) is 4.40. The second kappa shape index (κ2) is 7.26. The van der Waals surface area contributed by atoms with Gasteiger partial charge in [-0.05, 0) is 42.9 Å². The Hall–Kier alpha value is -1.39. The zero-order valence-corrected chi connectivity index (χ0v) is 12.5. The van der Waals surface area contributed by atoms with Gasteiger partial charge in [0.2, 0.25) is 0 Å². The van der Waals surface area contributed by atoms with Crippen molar-refractivity contribution in [2.45, 2.75) is 6.54 Å². The van der Waals surface area contributed by atoms with Crippen molar-refractivity contribution in [3.05, 3.63) is 58.8 Å². The van der Waals surface area contributed by atoms with Gasteiger partial charge in [0.1, 0.15) is 12.4 Å². The molecule has 0 aliphatic rings. The van der Waals surface area contributed by atoms with Crippen LogP contribution in [0.2, 0.25) is 0 Å². The third-order valence-corrected chi connectivity index (χ3v) is 3.23. The minimum absolute atomic E-state index is 0.679. The number of pyridine rings is 1. The van der Waals surface area contributed by atoms with Gasteiger partial charge in [0, 0.05) is 30.0 Å². The molecule has 1 aromatic heterocycles. The van der Waals surface area contributed by atoms with E-state index in [9.17, 15) is 0 Å². The van der Waals surface area contributed by atoms with Crippen molar-refractivity contribution >= 4 is 15.9 Å². The Morgan fingerprint density at radius 2 is 2.00 bits per heavy atom. The summed E-state index contributed by atoms with van der Waals surface area (Å²) in [5, 5.41) is 0. The van der Waals surface area contributed by atoms with E-state index >= 15 is 0 Å². The fraction of sp³-hybridized carbons (Fsp3) is 0.267. The molecule has 0 saturated carbocycles. The van der Waals surface area contributed by atoms with Crippen LogP contribution in [0.4, 0.5) is 0 Å². The highest BCUT2D eigenvalue weighted by molar-refractivity contribution is 9.10. The van der Waals surface area contributed by atoms with Gasteiger partial charge >= 0.3 is 0 Å². The van der Waals surface area contributed by atoms with Crippen molar-refractivity contribution in [3.63, 3.8) is 0 Å². The summed E-state index contributed by atoms with van der Waals surface area (Å²) in [6, 6.07) is 12.0. The Balaban J connectivity index is 1.73. The maximum atomic E-state index is 5.71. The van der Waals surface area contributed by atoms with Gasteiger partial charge in [-0.2, -0.15) is 0 Å². The van der Waals surface area contributed by atoms with Gasteiger partial charge in [0.25, 0.3) is 0 Å². The highest BCUT2D eigenvalue weighted by Gasteiger charge is 2.01. The summed E-state index contributed by atoms with van der Waals surface area (Å²) < 4.78 is 6.75. The number of benzene rings is 1. The van der Waals surface area contributed by atoms with Crippen molar-refractivity contribution in [1.82, 2.24) is 9.88 Å². The van der Waals surface area contributed by atoms with Crippen LogP contribution >= 0.6 is 15.9 Å². The van der Waals surface area contributed by atoms with Crippen molar-refractivity contribution in [1.29, 1.82) is 0 Å². The molecule has 0 radical (unpaired) electrons. The van der Waals surface area contributed by atoms with Crippen LogP contribution in [0.5, 0.6) is 5.75 Å². The molecule has 0 aliphatic carbocycles. The first kappa shape index (κ1) is 14.0. The maximum absolute atomic E-state index is 5.71. The molecule has 0 bridgehead atoms. The number of aromatic nitrogens is 1. The smallest absolute Gasteiger partial charge is 0.120 e. The van der Waals surface area contributed by atoms with Gasteiger partial charge in [-0.25, -0.2) is 0 Å². The van der Waals surface area contributed by atoms with Crippen molar-refractivity contribution < 1.29 is 4.74 Å². The summed E-state index contributed by atoms with van der Waals surface area (Å²) in [5.41, 5.74) is 1.26. The van der Waals surface area contributed by atoms with Gasteiger partial charge in [0.15, 0.2) is 0 Å². The van der Waals surface area contributed by atoms with Crippen LogP contribution in [-0.2, 0) is 6.54 Å². The highest BCUT2D eigenvalue weighted by Crippen LogP contribution is 2.17. The van der Waals surface area contributed by atoms with Crippen molar-refractivity contribution in [3.8, 4) is 5.75 Å². The summed E-state index contributed by atoms with van der Waals surface area (Å²) in [6.07, 6.45) is 3.64. The first-order valence-corrected chi connectivity index (χ1v) is 6.99. The summed E-state index contributed by atoms with van der Waals surface area (Å²) in [7, 11) is 2.09. The molecule has 100 valence electrons. The number of nitrogens with zero attached hydrogens (tertiary/aromatic N) is 2. The molecule has 2 aromatic rings. The summed E-state index contributed by atoms with van der Waals surface area (Å²) in [4.78, 5) is 6.24. The Kier molecular flexibility index (Phi) is 5.36. The lowest BCUT2D eigenvalue weighted by molar-refractivity contribution is 0.233. The average Bonchev–Trinajstić information content (AvgIpc) is 2.40. The van der Waals surface area contributed by atoms with E-state index in [1.807, 2.05) is 48.8 Å². The number of hydrogen-bond donors (Lipinski definition) is 0. The molecule has 0 unspecified atom stereocenters. The minimum Gasteiger partial charge on any atom is -0.492 e. The van der Waals surface area contributed by atoms with E-state index in [1.165, 1.54) is 5.56 Å². The molecule has 19 heavy (non-hydrogen) atoms. The SMILES string of the molecule is CN(CCOc1cccc(Br)c1)Cc1ccncc1. The van der Waals surface area contributed by atoms with Crippen LogP contribution in [0.15, 0.2) is 53.3 Å². The Labute approximate surface area is 122 Å². The average molecular weight is 321 g/mol. The van der Waals surface area contributed by atoms with E-state index in [0.717, 1.165) is 23.3 Å². The van der Waals surface area contributed by atoms with E-state index in [4.69, 9.17) is 4.74 Å². The van der Waals surface area contributed by atoms with E-state index in [-0.39, 0.29) is 0 Å². The maximum Gasteiger partial charge on any atom is 0.120 e. The third kappa shape index (κ3) is 5.01. The van der Waals surface area contributed by atoms with Crippen LogP contribution in [0.3, 0.4) is 0 Å². The standard InChI is InChI=1S/C15H17BrN2O/c1-18(12-13-5-7-17-8-6-13)9-10-19-15-4-2-3-14(16)11-15/h2-8,11H,9-10,12H2,1H3. The zero-order valence-electron chi connectivity index (χ0n) is 10.9. The van der Waals surface area contributed by atoms with Gasteiger partial charge in [-0.3, -0.25) is 9.88 Å². The molecule has 4 heteroatoms. The molecular formula is C15H17BrN2O. The monoisotopic (exact) mass is 320 g/mol. The highest BCUT2D eigenvalue weighted by atomic mass is 79.9. The lowest BCUT2D eigenvalue weighted by atomic mass is 10.2. The number of hydrogen-bond acceptors (Lipinski definition) is 3. The van der Waals surface area contributed by atoms with Crippen LogP contribution in [0, 0.1) is 0 Å². The predicted molar refractivity (Wildman–Crippen MR) is 80.2 cm³/mol. The Morgan fingerprint density at radius 3 is 2.74 bits per heavy atom. The Bertz CT molecular complexity index is 505. The van der Waals surface area contributed by atoms with Crippen LogP contribution in [0.1, 0.15) is 5.56 Å². The fourth-order valence-electron chi connectivity index (χ4n) is 1.76. The first-order chi connectivity index (χ1) is 9.24. The molecule has 0 saturated heterocycles. The molecule has 0 atom stereocenters. The van der Waals surface area contributed by atoms with Crippen LogP contribution in [0.25, 0.3) is 0 Å². The molecule has 3 nitrogen and oxygen atoms in total. The topological polar surface area (TPSA) is 25.4 Å².